The molecule has 7 nitrogen and oxygen atoms in total. The Morgan fingerprint density at radius 2 is 1.70 bits per heavy atom. The lowest BCUT2D eigenvalue weighted by atomic mass is 9.98. The van der Waals surface area contributed by atoms with Crippen molar-refractivity contribution in [3.8, 4) is 11.1 Å². The maximum Gasteiger partial charge on any atom is 0.407 e. The Balaban J connectivity index is 1.08. The van der Waals surface area contributed by atoms with Gasteiger partial charge in [-0.05, 0) is 46.9 Å². The quantitative estimate of drug-likeness (QED) is 0.676. The van der Waals surface area contributed by atoms with Gasteiger partial charge >= 0.3 is 12.1 Å². The van der Waals surface area contributed by atoms with Crippen LogP contribution in [0.1, 0.15) is 36.3 Å². The van der Waals surface area contributed by atoms with Crippen LogP contribution in [-0.2, 0) is 14.3 Å². The van der Waals surface area contributed by atoms with Crippen LogP contribution in [0.2, 0.25) is 0 Å². The topological polar surface area (TPSA) is 95.9 Å². The van der Waals surface area contributed by atoms with Gasteiger partial charge in [0.2, 0.25) is 5.91 Å². The van der Waals surface area contributed by atoms with Crippen molar-refractivity contribution in [3.63, 3.8) is 0 Å². The minimum Gasteiger partial charge on any atom is -0.481 e. The number of carbonyl (C=O) groups is 3. The third-order valence-corrected chi connectivity index (χ3v) is 7.15. The molecule has 0 radical (unpaired) electrons. The van der Waals surface area contributed by atoms with Gasteiger partial charge in [-0.15, -0.1) is 0 Å². The fraction of sp³-hybridized carbons (Fsp3) is 0.423. The first-order chi connectivity index (χ1) is 16.0. The number of benzene rings is 2. The highest BCUT2D eigenvalue weighted by molar-refractivity contribution is 5.82. The van der Waals surface area contributed by atoms with E-state index in [2.05, 4.69) is 29.6 Å². The zero-order valence-corrected chi connectivity index (χ0v) is 18.4. The van der Waals surface area contributed by atoms with E-state index in [1.165, 1.54) is 22.3 Å². The van der Waals surface area contributed by atoms with Crippen molar-refractivity contribution in [2.24, 2.45) is 17.8 Å². The molecule has 1 unspecified atom stereocenters. The average molecular weight is 449 g/mol. The van der Waals surface area contributed by atoms with Crippen LogP contribution in [0, 0.1) is 17.8 Å². The zero-order chi connectivity index (χ0) is 22.9. The Morgan fingerprint density at radius 1 is 1.03 bits per heavy atom. The van der Waals surface area contributed by atoms with Gasteiger partial charge in [0.15, 0.2) is 0 Å². The zero-order valence-electron chi connectivity index (χ0n) is 18.4. The number of fused-ring (bicyclic) bond motifs is 3. The summed E-state index contributed by atoms with van der Waals surface area (Å²) in [6.45, 7) is 1.83. The molecule has 5 rings (SSSR count). The molecule has 7 heteroatoms. The van der Waals surface area contributed by atoms with E-state index in [0.29, 0.717) is 19.6 Å². The second kappa shape index (κ2) is 8.89. The standard InChI is InChI=1S/C26H28N2O5/c29-24(30)11-16-9-10-28(14-16)25(31)22-12-17(22)13-27-26(32)33-15-23-20-7-3-1-5-18(20)19-6-2-4-8-21(19)23/h1-8,16-17,22-23H,9-15H2,(H,27,32)(H,29,30)/t16?,17-,22-/m0/s1. The van der Waals surface area contributed by atoms with Crippen LogP contribution < -0.4 is 5.32 Å². The molecule has 3 aliphatic rings. The van der Waals surface area contributed by atoms with Gasteiger partial charge in [0.25, 0.3) is 0 Å². The molecule has 2 amide bonds. The molecule has 3 atom stereocenters. The Morgan fingerprint density at radius 3 is 2.36 bits per heavy atom. The molecule has 1 aliphatic heterocycles. The number of nitrogens with one attached hydrogen (secondary N) is 1. The molecule has 0 aromatic heterocycles. The van der Waals surface area contributed by atoms with Crippen LogP contribution in [0.4, 0.5) is 4.79 Å². The van der Waals surface area contributed by atoms with E-state index in [9.17, 15) is 14.4 Å². The monoisotopic (exact) mass is 448 g/mol. The minimum absolute atomic E-state index is 0.0207. The average Bonchev–Trinajstić information content (AvgIpc) is 3.33. The molecule has 2 aliphatic carbocycles. The van der Waals surface area contributed by atoms with E-state index in [0.717, 1.165) is 12.8 Å². The number of alkyl carbamates (subject to hydrolysis) is 1. The first kappa shape index (κ1) is 21.5. The van der Waals surface area contributed by atoms with Gasteiger partial charge in [-0.2, -0.15) is 0 Å². The van der Waals surface area contributed by atoms with Crippen LogP contribution >= 0.6 is 0 Å². The molecule has 172 valence electrons. The summed E-state index contributed by atoms with van der Waals surface area (Å²) in [5.41, 5.74) is 4.72. The number of nitrogens with zero attached hydrogens (tertiary/aromatic N) is 1. The number of carboxylic acid groups (broad SMARTS) is 1. The van der Waals surface area contributed by atoms with Crippen molar-refractivity contribution in [2.45, 2.75) is 25.2 Å². The van der Waals surface area contributed by atoms with Gasteiger partial charge in [-0.3, -0.25) is 9.59 Å². The Labute approximate surface area is 192 Å². The smallest absolute Gasteiger partial charge is 0.407 e. The fourth-order valence-corrected chi connectivity index (χ4v) is 5.32. The molecular weight excluding hydrogens is 420 g/mol. The van der Waals surface area contributed by atoms with E-state index in [4.69, 9.17) is 9.84 Å². The number of aliphatic carboxylic acids is 1. The highest BCUT2D eigenvalue weighted by Gasteiger charge is 2.46. The van der Waals surface area contributed by atoms with Crippen molar-refractivity contribution in [1.82, 2.24) is 10.2 Å². The van der Waals surface area contributed by atoms with Gasteiger partial charge in [0.05, 0.1) is 0 Å². The van der Waals surface area contributed by atoms with Gasteiger partial charge in [0, 0.05) is 37.9 Å². The predicted molar refractivity (Wildman–Crippen MR) is 122 cm³/mol. The lowest BCUT2D eigenvalue weighted by molar-refractivity contribution is -0.138. The second-order valence-electron chi connectivity index (χ2n) is 9.35. The molecule has 2 aromatic carbocycles. The lowest BCUT2D eigenvalue weighted by Crippen LogP contribution is -2.32. The summed E-state index contributed by atoms with van der Waals surface area (Å²) in [4.78, 5) is 37.7. The number of amides is 2. The molecule has 1 heterocycles. The molecule has 1 saturated carbocycles. The molecule has 0 bridgehead atoms. The summed E-state index contributed by atoms with van der Waals surface area (Å²) in [5.74, 6) is -0.623. The molecule has 2 aromatic rings. The van der Waals surface area contributed by atoms with Crippen LogP contribution in [0.5, 0.6) is 0 Å². The van der Waals surface area contributed by atoms with Crippen molar-refractivity contribution >= 4 is 18.0 Å². The van der Waals surface area contributed by atoms with Crippen LogP contribution in [0.3, 0.4) is 0 Å². The Kier molecular flexibility index (Phi) is 5.79. The van der Waals surface area contributed by atoms with E-state index in [1.807, 2.05) is 24.3 Å². The third kappa shape index (κ3) is 4.45. The summed E-state index contributed by atoms with van der Waals surface area (Å²) in [6.07, 6.45) is 1.15. The number of ether oxygens (including phenoxy) is 1. The predicted octanol–water partition coefficient (Wildman–Crippen LogP) is 3.48. The SMILES string of the molecule is O=C(O)CC1CCN(C(=O)[C@H]2C[C@H]2CNC(=O)OCC2c3ccccc3-c3ccccc32)C1. The van der Waals surface area contributed by atoms with E-state index < -0.39 is 12.1 Å². The maximum absolute atomic E-state index is 12.7. The van der Waals surface area contributed by atoms with Crippen LogP contribution in [-0.4, -0.2) is 54.2 Å². The second-order valence-corrected chi connectivity index (χ2v) is 9.35. The summed E-state index contributed by atoms with van der Waals surface area (Å²) in [7, 11) is 0. The van der Waals surface area contributed by atoms with E-state index in [1.54, 1.807) is 4.90 Å². The fourth-order valence-electron chi connectivity index (χ4n) is 5.32. The molecule has 33 heavy (non-hydrogen) atoms. The number of hydrogen-bond acceptors (Lipinski definition) is 4. The summed E-state index contributed by atoms with van der Waals surface area (Å²) >= 11 is 0. The normalized spacial score (nSPS) is 23.0. The molecular formula is C26H28N2O5. The highest BCUT2D eigenvalue weighted by atomic mass is 16.5. The third-order valence-electron chi connectivity index (χ3n) is 7.15. The maximum atomic E-state index is 12.7. The van der Waals surface area contributed by atoms with Gasteiger partial charge in [-0.25, -0.2) is 4.79 Å². The van der Waals surface area contributed by atoms with Gasteiger partial charge in [0.1, 0.15) is 6.61 Å². The number of carbonyl (C=O) groups excluding carboxylic acids is 2. The number of rotatable bonds is 7. The first-order valence-electron chi connectivity index (χ1n) is 11.6. The lowest BCUT2D eigenvalue weighted by Gasteiger charge is -2.16. The van der Waals surface area contributed by atoms with Crippen LogP contribution in [0.25, 0.3) is 11.1 Å². The summed E-state index contributed by atoms with van der Waals surface area (Å²) in [6, 6.07) is 16.4. The van der Waals surface area contributed by atoms with E-state index in [-0.39, 0.29) is 42.6 Å². The molecule has 1 saturated heterocycles. The van der Waals surface area contributed by atoms with Crippen molar-refractivity contribution in [1.29, 1.82) is 0 Å². The van der Waals surface area contributed by atoms with Crippen molar-refractivity contribution in [3.05, 3.63) is 59.7 Å². The molecule has 0 spiro atoms. The summed E-state index contributed by atoms with van der Waals surface area (Å²) in [5, 5.41) is 11.8. The minimum atomic E-state index is -0.814. The van der Waals surface area contributed by atoms with E-state index >= 15 is 0 Å². The van der Waals surface area contributed by atoms with Gasteiger partial charge in [-0.1, -0.05) is 48.5 Å². The highest BCUT2D eigenvalue weighted by Crippen LogP contribution is 2.44. The largest absolute Gasteiger partial charge is 0.481 e. The number of likely N-dealkylation sites (tertiary alicyclic amines) is 1. The Hall–Kier alpha value is -3.35. The van der Waals surface area contributed by atoms with Gasteiger partial charge < -0.3 is 20.1 Å². The van der Waals surface area contributed by atoms with Crippen LogP contribution in [0.15, 0.2) is 48.5 Å². The number of hydrogen-bond donors (Lipinski definition) is 2. The molecule has 2 N–H and O–H groups in total. The molecule has 2 fully saturated rings. The van der Waals surface area contributed by atoms with Crippen molar-refractivity contribution in [2.75, 3.05) is 26.2 Å². The first-order valence-corrected chi connectivity index (χ1v) is 11.6. The van der Waals surface area contributed by atoms with Crippen molar-refractivity contribution < 1.29 is 24.2 Å². The number of carboxylic acids is 1. The summed E-state index contributed by atoms with van der Waals surface area (Å²) < 4.78 is 5.56. The Bertz CT molecular complexity index is 1040.